The fraction of sp³-hybridized carbons (Fsp3) is 1.00. The minimum Gasteiger partial charge on any atom is -0.394 e. The van der Waals surface area contributed by atoms with Crippen molar-refractivity contribution in [2.75, 3.05) is 20.3 Å². The Morgan fingerprint density at radius 2 is 0.886 bits per heavy atom. The van der Waals surface area contributed by atoms with Gasteiger partial charge in [0.25, 0.3) is 0 Å². The molecule has 0 spiro atoms. The van der Waals surface area contributed by atoms with Crippen molar-refractivity contribution in [2.24, 2.45) is 0 Å². The van der Waals surface area contributed by atoms with Crippen molar-refractivity contribution in [1.29, 1.82) is 0 Å². The summed E-state index contributed by atoms with van der Waals surface area (Å²) in [5, 5.41) is 111. The third kappa shape index (κ3) is 5.48. The van der Waals surface area contributed by atoms with Crippen molar-refractivity contribution < 1.29 is 79.9 Å². The maximum atomic E-state index is 10.6. The van der Waals surface area contributed by atoms with Gasteiger partial charge in [-0.05, 0) is 0 Å². The van der Waals surface area contributed by atoms with Gasteiger partial charge in [0.15, 0.2) is 12.6 Å². The van der Waals surface area contributed by atoms with E-state index in [0.29, 0.717) is 0 Å². The van der Waals surface area contributed by atoms with Gasteiger partial charge in [-0.3, -0.25) is 0 Å². The molecule has 3 aliphatic rings. The summed E-state index contributed by atoms with van der Waals surface area (Å²) in [5.74, 6) is 0. The highest BCUT2D eigenvalue weighted by Crippen LogP contribution is 2.32. The molecule has 2 unspecified atom stereocenters. The molecular weight excluding hydrogens is 484 g/mol. The first-order valence-corrected chi connectivity index (χ1v) is 11.0. The van der Waals surface area contributed by atoms with E-state index in [0.717, 1.165) is 7.11 Å². The van der Waals surface area contributed by atoms with Gasteiger partial charge in [-0.15, -0.1) is 0 Å². The fourth-order valence-corrected chi connectivity index (χ4v) is 4.44. The largest absolute Gasteiger partial charge is 0.394 e. The van der Waals surface area contributed by atoms with Crippen molar-refractivity contribution in [1.82, 2.24) is 0 Å². The molecule has 0 bridgehead atoms. The highest BCUT2D eigenvalue weighted by atomic mass is 16.7. The number of ether oxygens (including phenoxy) is 5. The second-order valence-corrected chi connectivity index (χ2v) is 8.77. The van der Waals surface area contributed by atoms with Gasteiger partial charge in [-0.1, -0.05) is 0 Å². The van der Waals surface area contributed by atoms with E-state index in [4.69, 9.17) is 23.7 Å². The summed E-state index contributed by atoms with van der Waals surface area (Å²) in [6.07, 6.45) is -27.1. The maximum Gasteiger partial charge on any atom is 0.187 e. The predicted molar refractivity (Wildman–Crippen MR) is 106 cm³/mol. The summed E-state index contributed by atoms with van der Waals surface area (Å²) in [7, 11) is 1.14. The summed E-state index contributed by atoms with van der Waals surface area (Å²) in [6.45, 7) is -1.58. The Morgan fingerprint density at radius 3 is 1.37 bits per heavy atom. The van der Waals surface area contributed by atoms with Crippen LogP contribution in [0.4, 0.5) is 0 Å². The second-order valence-electron chi connectivity index (χ2n) is 8.77. The lowest BCUT2D eigenvalue weighted by molar-refractivity contribution is -0.372. The van der Waals surface area contributed by atoms with E-state index in [9.17, 15) is 56.2 Å². The number of methoxy groups -OCH3 is 1. The molecule has 3 rings (SSSR count). The molecule has 0 aromatic heterocycles. The van der Waals surface area contributed by atoms with Gasteiger partial charge in [0, 0.05) is 7.11 Å². The van der Waals surface area contributed by atoms with Crippen molar-refractivity contribution in [2.45, 2.75) is 98.0 Å². The van der Waals surface area contributed by atoms with E-state index < -0.39 is 111 Å². The SMILES string of the molecule is COC1[C@@H](O)[C@@H](O)C(O[C@@H]2O[C@H](CO)[C@H](O[C@@H]3O[C@H](CO)[C@H](O)[C@H](O)[C@H]3O)[C@H](O)[C@H]2O)[C@H](O)[C@H]1O. The third-order valence-corrected chi connectivity index (χ3v) is 6.57. The zero-order chi connectivity index (χ0) is 26.2. The lowest BCUT2D eigenvalue weighted by atomic mass is 9.84. The molecule has 0 amide bonds. The van der Waals surface area contributed by atoms with Crippen LogP contribution >= 0.6 is 0 Å². The normalized spacial score (nSPS) is 53.5. The average molecular weight is 518 g/mol. The number of hydrogen-bond acceptors (Lipinski definition) is 16. The summed E-state index contributed by atoms with van der Waals surface area (Å²) in [6, 6.07) is 0. The van der Waals surface area contributed by atoms with E-state index in [1.54, 1.807) is 0 Å². The Bertz CT molecular complexity index is 651. The molecule has 16 nitrogen and oxygen atoms in total. The van der Waals surface area contributed by atoms with Crippen LogP contribution < -0.4 is 0 Å². The van der Waals surface area contributed by atoms with Crippen LogP contribution in [0.2, 0.25) is 0 Å². The van der Waals surface area contributed by atoms with Crippen LogP contribution in [-0.2, 0) is 23.7 Å². The van der Waals surface area contributed by atoms with Gasteiger partial charge in [0.05, 0.1) is 13.2 Å². The number of hydrogen-bond donors (Lipinski definition) is 11. The van der Waals surface area contributed by atoms with Gasteiger partial charge in [-0.25, -0.2) is 0 Å². The molecule has 1 saturated carbocycles. The quantitative estimate of drug-likeness (QED) is 0.149. The molecule has 0 radical (unpaired) electrons. The Kier molecular flexibility index (Phi) is 9.77. The smallest absolute Gasteiger partial charge is 0.187 e. The maximum absolute atomic E-state index is 10.6. The van der Waals surface area contributed by atoms with Crippen molar-refractivity contribution in [3.8, 4) is 0 Å². The van der Waals surface area contributed by atoms with Crippen LogP contribution in [0.15, 0.2) is 0 Å². The fourth-order valence-electron chi connectivity index (χ4n) is 4.44. The number of aliphatic hydroxyl groups excluding tert-OH is 11. The zero-order valence-corrected chi connectivity index (χ0v) is 18.6. The minimum atomic E-state index is -1.94. The Labute approximate surface area is 199 Å². The highest BCUT2D eigenvalue weighted by molar-refractivity contribution is 5.01. The summed E-state index contributed by atoms with van der Waals surface area (Å²) in [5.41, 5.74) is 0. The Morgan fingerprint density at radius 1 is 0.486 bits per heavy atom. The molecule has 2 aliphatic heterocycles. The molecule has 16 atom stereocenters. The van der Waals surface area contributed by atoms with E-state index in [1.165, 1.54) is 0 Å². The Hall–Kier alpha value is -0.640. The first-order chi connectivity index (χ1) is 16.5. The van der Waals surface area contributed by atoms with Crippen LogP contribution in [-0.4, -0.2) is 175 Å². The molecule has 206 valence electrons. The van der Waals surface area contributed by atoms with Gasteiger partial charge in [0.2, 0.25) is 0 Å². The molecule has 3 fully saturated rings. The molecule has 0 aromatic carbocycles. The second kappa shape index (κ2) is 11.8. The molecule has 2 heterocycles. The minimum absolute atomic E-state index is 0.746. The lowest BCUT2D eigenvalue weighted by Crippen LogP contribution is -2.68. The van der Waals surface area contributed by atoms with E-state index >= 15 is 0 Å². The van der Waals surface area contributed by atoms with Crippen LogP contribution in [0, 0.1) is 0 Å². The summed E-state index contributed by atoms with van der Waals surface area (Å²) >= 11 is 0. The first-order valence-electron chi connectivity index (χ1n) is 11.0. The topological polar surface area (TPSA) is 269 Å². The average Bonchev–Trinajstić information content (AvgIpc) is 2.85. The lowest BCUT2D eigenvalue weighted by Gasteiger charge is -2.48. The van der Waals surface area contributed by atoms with Crippen molar-refractivity contribution in [3.63, 3.8) is 0 Å². The zero-order valence-electron chi connectivity index (χ0n) is 18.6. The van der Waals surface area contributed by atoms with E-state index in [2.05, 4.69) is 0 Å². The molecule has 2 saturated heterocycles. The van der Waals surface area contributed by atoms with E-state index in [1.807, 2.05) is 0 Å². The van der Waals surface area contributed by atoms with Gasteiger partial charge >= 0.3 is 0 Å². The number of rotatable bonds is 7. The van der Waals surface area contributed by atoms with Crippen molar-refractivity contribution in [3.05, 3.63) is 0 Å². The first kappa shape index (κ1) is 28.9. The summed E-state index contributed by atoms with van der Waals surface area (Å²) in [4.78, 5) is 0. The monoisotopic (exact) mass is 518 g/mol. The molecule has 16 heteroatoms. The molecule has 0 aromatic rings. The van der Waals surface area contributed by atoms with Crippen LogP contribution in [0.1, 0.15) is 0 Å². The summed E-state index contributed by atoms with van der Waals surface area (Å²) < 4.78 is 26.3. The molecule has 35 heavy (non-hydrogen) atoms. The predicted octanol–water partition coefficient (Wildman–Crippen LogP) is -7.53. The van der Waals surface area contributed by atoms with Gasteiger partial charge in [0.1, 0.15) is 85.5 Å². The molecule has 11 N–H and O–H groups in total. The number of aliphatic hydroxyl groups is 11. The van der Waals surface area contributed by atoms with Gasteiger partial charge in [-0.2, -0.15) is 0 Å². The van der Waals surface area contributed by atoms with Crippen molar-refractivity contribution >= 4 is 0 Å². The molecule has 1 aliphatic carbocycles. The van der Waals surface area contributed by atoms with Crippen LogP contribution in [0.5, 0.6) is 0 Å². The molecular formula is C19H34O16. The standard InChI is InChI=1S/C19H34O16/c1-31-16-8(24)10(26)17(11(27)9(16)25)35-19-14(30)12(28)15(5(3-21)33-19)34-18-13(29)7(23)6(22)4(2-20)32-18/h4-30H,2-3H2,1H3/t4-,5-,6+,7+,8-,9+,10-,11-,12-,13-,14-,15+,16?,17?,18+,19+/m1/s1. The Balaban J connectivity index is 1.72. The van der Waals surface area contributed by atoms with E-state index in [-0.39, 0.29) is 0 Å². The van der Waals surface area contributed by atoms with Crippen LogP contribution in [0.25, 0.3) is 0 Å². The van der Waals surface area contributed by atoms with Crippen LogP contribution in [0.3, 0.4) is 0 Å². The van der Waals surface area contributed by atoms with Gasteiger partial charge < -0.3 is 79.9 Å². The highest BCUT2D eigenvalue weighted by Gasteiger charge is 2.54. The third-order valence-electron chi connectivity index (χ3n) is 6.57.